The molecule has 222 valence electrons. The summed E-state index contributed by atoms with van der Waals surface area (Å²) in [6.45, 7) is 10.6. The molecular weight excluding hydrogens is 578 g/mol. The van der Waals surface area contributed by atoms with Crippen LogP contribution in [0.25, 0.3) is 11.5 Å². The molecule has 16 heteroatoms. The number of hydroxylamine groups is 2. The number of oxazole rings is 1. The third kappa shape index (κ3) is 9.02. The number of ether oxygens (including phenoxy) is 1. The zero-order valence-corrected chi connectivity index (χ0v) is 25.9. The molecule has 0 aliphatic rings. The molecule has 2 heterocycles. The predicted octanol–water partition coefficient (Wildman–Crippen LogP) is 5.35. The molecule has 4 N–H and O–H groups in total. The Hall–Kier alpha value is -1.96. The van der Waals surface area contributed by atoms with Gasteiger partial charge in [-0.3, -0.25) is 19.3 Å². The van der Waals surface area contributed by atoms with E-state index in [1.54, 1.807) is 33.1 Å². The maximum atomic E-state index is 14.0. The highest BCUT2D eigenvalue weighted by Gasteiger charge is 2.44. The lowest BCUT2D eigenvalue weighted by Gasteiger charge is -2.29. The molecule has 3 rings (SSSR count). The Labute approximate surface area is 238 Å². The Morgan fingerprint density at radius 1 is 0.950 bits per heavy atom. The molecule has 3 aromatic rings. The quantitative estimate of drug-likeness (QED) is 0.101. The molecule has 0 radical (unpaired) electrons. The van der Waals surface area contributed by atoms with Crippen molar-refractivity contribution in [3.63, 3.8) is 0 Å². The number of thiazole rings is 1. The summed E-state index contributed by atoms with van der Waals surface area (Å²) >= 11 is 1.15. The van der Waals surface area contributed by atoms with Gasteiger partial charge in [0.2, 0.25) is 19.2 Å². The van der Waals surface area contributed by atoms with Crippen molar-refractivity contribution in [3.05, 3.63) is 52.2 Å². The van der Waals surface area contributed by atoms with Gasteiger partial charge in [0.1, 0.15) is 10.8 Å². The van der Waals surface area contributed by atoms with Gasteiger partial charge in [-0.2, -0.15) is 20.2 Å². The van der Waals surface area contributed by atoms with Gasteiger partial charge >= 0.3 is 7.82 Å². The van der Waals surface area contributed by atoms with E-state index in [9.17, 15) is 9.13 Å². The maximum absolute atomic E-state index is 14.0. The van der Waals surface area contributed by atoms with Crippen LogP contribution in [0.4, 0.5) is 0 Å². The van der Waals surface area contributed by atoms with E-state index >= 15 is 0 Å². The number of rotatable bonds is 19. The Morgan fingerprint density at radius 2 is 1.60 bits per heavy atom. The molecular formula is C24H38N6O7P2S. The van der Waals surface area contributed by atoms with Crippen LogP contribution < -0.4 is 25.9 Å². The predicted molar refractivity (Wildman–Crippen MR) is 154 cm³/mol. The first-order valence-corrected chi connectivity index (χ1v) is 17.2. The van der Waals surface area contributed by atoms with E-state index in [1.165, 1.54) is 0 Å². The third-order valence-electron chi connectivity index (χ3n) is 5.20. The van der Waals surface area contributed by atoms with Gasteiger partial charge in [0.25, 0.3) is 0 Å². The topological polar surface area (TPSA) is 158 Å². The molecule has 0 amide bonds. The summed E-state index contributed by atoms with van der Waals surface area (Å²) in [5.41, 5.74) is 6.67. The van der Waals surface area contributed by atoms with Crippen LogP contribution in [0.2, 0.25) is 0 Å². The number of hydrogen-bond donors (Lipinski definition) is 4. The average Bonchev–Trinajstić information content (AvgIpc) is 3.57. The molecule has 1 unspecified atom stereocenters. The second-order valence-electron chi connectivity index (χ2n) is 8.28. The second kappa shape index (κ2) is 15.9. The van der Waals surface area contributed by atoms with Gasteiger partial charge in [-0.05, 0) is 19.1 Å². The minimum Gasteiger partial charge on any atom is -0.477 e. The molecule has 0 aliphatic heterocycles. The summed E-state index contributed by atoms with van der Waals surface area (Å²) < 4.78 is 55.3. The molecule has 0 saturated carbocycles. The number of nitrogens with one attached hydrogen (secondary N) is 4. The number of benzene rings is 1. The highest BCUT2D eigenvalue weighted by Crippen LogP contribution is 2.62. The fourth-order valence-corrected chi connectivity index (χ4v) is 8.52. The Balaban J connectivity index is 1.77. The second-order valence-corrected chi connectivity index (χ2v) is 13.1. The minimum atomic E-state index is -4.27. The SMILES string of the molecule is CCNOP(=O)(ONCC)OC(c1nc(OCCc2nc(-c3ccccc3)oc2C)cs1)P(=O)(NCC)NCC. The van der Waals surface area contributed by atoms with Crippen LogP contribution in [0, 0.1) is 6.92 Å². The van der Waals surface area contributed by atoms with Crippen molar-refractivity contribution < 1.29 is 32.1 Å². The van der Waals surface area contributed by atoms with Gasteiger partial charge in [0, 0.05) is 38.2 Å². The summed E-state index contributed by atoms with van der Waals surface area (Å²) in [6.07, 6.45) is 0.491. The van der Waals surface area contributed by atoms with Crippen LogP contribution >= 0.6 is 26.6 Å². The fourth-order valence-electron chi connectivity index (χ4n) is 3.50. The van der Waals surface area contributed by atoms with Crippen molar-refractivity contribution in [2.75, 3.05) is 32.8 Å². The van der Waals surface area contributed by atoms with Gasteiger partial charge in [0.15, 0.2) is 5.85 Å². The zero-order valence-electron chi connectivity index (χ0n) is 23.3. The summed E-state index contributed by atoms with van der Waals surface area (Å²) in [6, 6.07) is 9.66. The van der Waals surface area contributed by atoms with Gasteiger partial charge in [-0.15, -0.1) is 11.3 Å². The summed E-state index contributed by atoms with van der Waals surface area (Å²) in [5.74, 6) is 0.261. The average molecular weight is 617 g/mol. The normalized spacial score (nSPS) is 13.0. The monoisotopic (exact) mass is 616 g/mol. The van der Waals surface area contributed by atoms with E-state index in [1.807, 2.05) is 37.3 Å². The van der Waals surface area contributed by atoms with Crippen LogP contribution in [-0.4, -0.2) is 42.8 Å². The Bertz CT molecular complexity index is 1250. The molecule has 0 aliphatic carbocycles. The van der Waals surface area contributed by atoms with Crippen molar-refractivity contribution in [1.82, 2.24) is 31.1 Å². The van der Waals surface area contributed by atoms with Crippen LogP contribution in [0.1, 0.15) is 50.0 Å². The summed E-state index contributed by atoms with van der Waals surface area (Å²) in [5, 5.41) is 7.82. The standard InChI is InChI=1S/C24H38N6O7P2S/c1-6-25-36-39(32,37-26-7-2)35-24(38(31,27-8-3)28-9-4)23-30-21(17-40-23)33-16-15-20-18(5)34-22(29-20)19-13-11-10-12-14-19/h10-14,17,24-26H,6-9,15-16H2,1-5H3,(H2,27,28,31). The van der Waals surface area contributed by atoms with Crippen molar-refractivity contribution >= 4 is 26.6 Å². The minimum absolute atomic E-state index is 0.268. The highest BCUT2D eigenvalue weighted by molar-refractivity contribution is 7.61. The van der Waals surface area contributed by atoms with Gasteiger partial charge in [-0.1, -0.05) is 45.9 Å². The van der Waals surface area contributed by atoms with Crippen LogP contribution in [-0.2, 0) is 29.3 Å². The number of hydrogen-bond acceptors (Lipinski definition) is 12. The lowest BCUT2D eigenvalue weighted by Crippen LogP contribution is -2.29. The van der Waals surface area contributed by atoms with Crippen molar-refractivity contribution in [2.45, 2.75) is 46.9 Å². The van der Waals surface area contributed by atoms with E-state index < -0.39 is 21.1 Å². The molecule has 1 atom stereocenters. The zero-order chi connectivity index (χ0) is 29.0. The highest BCUT2D eigenvalue weighted by atomic mass is 32.1. The fraction of sp³-hybridized carbons (Fsp3) is 0.500. The van der Waals surface area contributed by atoms with Gasteiger partial charge in [-0.25, -0.2) is 14.5 Å². The van der Waals surface area contributed by atoms with E-state index in [0.717, 1.165) is 22.6 Å². The number of phosphoric acid groups is 1. The molecule has 1 aromatic carbocycles. The van der Waals surface area contributed by atoms with Gasteiger partial charge < -0.3 is 9.15 Å². The Morgan fingerprint density at radius 3 is 2.20 bits per heavy atom. The van der Waals surface area contributed by atoms with Crippen LogP contribution in [0.5, 0.6) is 5.88 Å². The first kappa shape index (κ1) is 32.6. The molecule has 0 fully saturated rings. The number of nitrogens with zero attached hydrogens (tertiary/aromatic N) is 2. The molecule has 13 nitrogen and oxygen atoms in total. The van der Waals surface area contributed by atoms with E-state index in [4.69, 9.17) is 22.9 Å². The van der Waals surface area contributed by atoms with Crippen LogP contribution in [0.3, 0.4) is 0 Å². The summed E-state index contributed by atoms with van der Waals surface area (Å²) in [7, 11) is -7.81. The molecule has 0 saturated heterocycles. The maximum Gasteiger partial charge on any atom is 0.509 e. The summed E-state index contributed by atoms with van der Waals surface area (Å²) in [4.78, 5) is 9.09. The first-order valence-electron chi connectivity index (χ1n) is 13.1. The Kier molecular flexibility index (Phi) is 12.9. The van der Waals surface area contributed by atoms with E-state index in [2.05, 4.69) is 31.1 Å². The smallest absolute Gasteiger partial charge is 0.477 e. The first-order chi connectivity index (χ1) is 19.3. The molecule has 0 spiro atoms. The van der Waals surface area contributed by atoms with Crippen molar-refractivity contribution in [2.24, 2.45) is 0 Å². The molecule has 40 heavy (non-hydrogen) atoms. The lowest BCUT2D eigenvalue weighted by atomic mass is 10.2. The number of aryl methyl sites for hydroxylation is 1. The van der Waals surface area contributed by atoms with Crippen molar-refractivity contribution in [3.8, 4) is 17.3 Å². The van der Waals surface area contributed by atoms with E-state index in [0.29, 0.717) is 50.1 Å². The van der Waals surface area contributed by atoms with Gasteiger partial charge in [0.05, 0.1) is 17.7 Å². The third-order valence-corrected chi connectivity index (χ3v) is 10.2. The molecule has 2 aromatic heterocycles. The van der Waals surface area contributed by atoms with E-state index in [-0.39, 0.29) is 11.6 Å². The largest absolute Gasteiger partial charge is 0.509 e. The number of aromatic nitrogens is 2. The van der Waals surface area contributed by atoms with Crippen LogP contribution in [0.15, 0.2) is 40.1 Å². The molecule has 0 bridgehead atoms. The van der Waals surface area contributed by atoms with Crippen molar-refractivity contribution in [1.29, 1.82) is 0 Å². The lowest BCUT2D eigenvalue weighted by molar-refractivity contribution is 0.0361.